The first kappa shape index (κ1) is 15.5. The molecule has 0 aliphatic heterocycles. The Kier molecular flexibility index (Phi) is 5.31. The van der Waals surface area contributed by atoms with Crippen LogP contribution in [0.2, 0.25) is 0 Å². The highest BCUT2D eigenvalue weighted by Crippen LogP contribution is 2.23. The third-order valence-corrected chi connectivity index (χ3v) is 3.30. The lowest BCUT2D eigenvalue weighted by molar-refractivity contribution is -0.121. The smallest absolute Gasteiger partial charge is 0.241 e. The first-order chi connectivity index (χ1) is 8.84. The molecule has 0 radical (unpaired) electrons. The lowest BCUT2D eigenvalue weighted by atomic mass is 10.2. The van der Waals surface area contributed by atoms with E-state index in [1.54, 1.807) is 13.0 Å². The molecule has 0 aromatic heterocycles. The molecule has 0 unspecified atom stereocenters. The van der Waals surface area contributed by atoms with Crippen LogP contribution in [-0.4, -0.2) is 27.5 Å². The van der Waals surface area contributed by atoms with E-state index in [4.69, 9.17) is 9.88 Å². The topological polar surface area (TPSA) is 98.5 Å². The third-order valence-electron chi connectivity index (χ3n) is 2.37. The normalized spacial score (nSPS) is 11.1. The van der Waals surface area contributed by atoms with Crippen LogP contribution in [0.4, 0.5) is 0 Å². The van der Waals surface area contributed by atoms with Gasteiger partial charge in [-0.05, 0) is 31.5 Å². The van der Waals surface area contributed by atoms with E-state index in [2.05, 4.69) is 5.32 Å². The Bertz CT molecular complexity index is 555. The second-order valence-electron chi connectivity index (χ2n) is 4.05. The number of carbonyl (C=O) groups is 1. The van der Waals surface area contributed by atoms with Crippen LogP contribution in [0.15, 0.2) is 23.1 Å². The molecule has 1 aromatic rings. The Morgan fingerprint density at radius 1 is 1.42 bits per heavy atom. The second kappa shape index (κ2) is 6.53. The van der Waals surface area contributed by atoms with Gasteiger partial charge in [0.15, 0.2) is 0 Å². The SMILES string of the molecule is CCNC(=O)CCOc1ccc(C)cc1S(N)(=O)=O. The molecule has 0 aliphatic rings. The monoisotopic (exact) mass is 286 g/mol. The summed E-state index contributed by atoms with van der Waals surface area (Å²) in [6, 6.07) is 4.69. The summed E-state index contributed by atoms with van der Waals surface area (Å²) in [7, 11) is -3.84. The third kappa shape index (κ3) is 4.88. The van der Waals surface area contributed by atoms with Crippen molar-refractivity contribution in [1.29, 1.82) is 0 Å². The van der Waals surface area contributed by atoms with Crippen molar-refractivity contribution in [3.05, 3.63) is 23.8 Å². The number of amides is 1. The van der Waals surface area contributed by atoms with Gasteiger partial charge in [0, 0.05) is 6.54 Å². The lowest BCUT2D eigenvalue weighted by Gasteiger charge is -2.10. The summed E-state index contributed by atoms with van der Waals surface area (Å²) < 4.78 is 28.2. The van der Waals surface area contributed by atoms with Gasteiger partial charge in [-0.25, -0.2) is 13.6 Å². The molecule has 19 heavy (non-hydrogen) atoms. The molecule has 6 nitrogen and oxygen atoms in total. The molecule has 0 spiro atoms. The van der Waals surface area contributed by atoms with Gasteiger partial charge in [0.2, 0.25) is 15.9 Å². The molecule has 0 aliphatic carbocycles. The first-order valence-corrected chi connectivity index (χ1v) is 7.42. The Labute approximate surface area is 113 Å². The van der Waals surface area contributed by atoms with Crippen LogP contribution < -0.4 is 15.2 Å². The zero-order valence-corrected chi connectivity index (χ0v) is 11.8. The van der Waals surface area contributed by atoms with E-state index in [0.717, 1.165) is 5.56 Å². The Hall–Kier alpha value is -1.60. The highest BCUT2D eigenvalue weighted by molar-refractivity contribution is 7.89. The summed E-state index contributed by atoms with van der Waals surface area (Å²) >= 11 is 0. The fraction of sp³-hybridized carbons (Fsp3) is 0.417. The summed E-state index contributed by atoms with van der Waals surface area (Å²) in [5, 5.41) is 7.74. The highest BCUT2D eigenvalue weighted by Gasteiger charge is 2.15. The summed E-state index contributed by atoms with van der Waals surface area (Å²) in [5.74, 6) is 0.0177. The fourth-order valence-electron chi connectivity index (χ4n) is 1.50. The molecule has 0 fully saturated rings. The molecule has 0 saturated heterocycles. The van der Waals surface area contributed by atoms with Crippen LogP contribution in [0, 0.1) is 6.92 Å². The number of primary sulfonamides is 1. The average Bonchev–Trinajstić information content (AvgIpc) is 2.30. The predicted molar refractivity (Wildman–Crippen MR) is 71.3 cm³/mol. The predicted octanol–water partition coefficient (Wildman–Crippen LogP) is 0.547. The van der Waals surface area contributed by atoms with Crippen molar-refractivity contribution in [2.45, 2.75) is 25.2 Å². The number of aryl methyl sites for hydroxylation is 1. The molecule has 106 valence electrons. The van der Waals surface area contributed by atoms with Crippen LogP contribution in [0.1, 0.15) is 18.9 Å². The van der Waals surface area contributed by atoms with Gasteiger partial charge in [-0.1, -0.05) is 6.07 Å². The Morgan fingerprint density at radius 2 is 2.11 bits per heavy atom. The molecule has 7 heteroatoms. The van der Waals surface area contributed by atoms with E-state index in [9.17, 15) is 13.2 Å². The molecule has 0 atom stereocenters. The van der Waals surface area contributed by atoms with Gasteiger partial charge in [-0.2, -0.15) is 0 Å². The summed E-state index contributed by atoms with van der Waals surface area (Å²) in [6.45, 7) is 4.22. The van der Waals surface area contributed by atoms with Crippen molar-refractivity contribution in [3.63, 3.8) is 0 Å². The maximum Gasteiger partial charge on any atom is 0.241 e. The molecular weight excluding hydrogens is 268 g/mol. The maximum absolute atomic E-state index is 11.4. The summed E-state index contributed by atoms with van der Waals surface area (Å²) in [4.78, 5) is 11.2. The number of rotatable bonds is 6. The van der Waals surface area contributed by atoms with Gasteiger partial charge >= 0.3 is 0 Å². The molecule has 1 amide bonds. The number of nitrogens with one attached hydrogen (secondary N) is 1. The highest BCUT2D eigenvalue weighted by atomic mass is 32.2. The van der Waals surface area contributed by atoms with E-state index in [0.29, 0.717) is 6.54 Å². The van der Waals surface area contributed by atoms with Crippen molar-refractivity contribution in [2.75, 3.05) is 13.2 Å². The van der Waals surface area contributed by atoms with Gasteiger partial charge in [0.25, 0.3) is 0 Å². The van der Waals surface area contributed by atoms with Crippen molar-refractivity contribution in [2.24, 2.45) is 5.14 Å². The molecule has 0 bridgehead atoms. The zero-order valence-electron chi connectivity index (χ0n) is 11.0. The van der Waals surface area contributed by atoms with Crippen molar-refractivity contribution < 1.29 is 17.9 Å². The van der Waals surface area contributed by atoms with Gasteiger partial charge in [-0.15, -0.1) is 0 Å². The second-order valence-corrected chi connectivity index (χ2v) is 5.58. The van der Waals surface area contributed by atoms with Crippen molar-refractivity contribution in [1.82, 2.24) is 5.32 Å². The number of benzene rings is 1. The van der Waals surface area contributed by atoms with Gasteiger partial charge in [-0.3, -0.25) is 4.79 Å². The molecule has 1 aromatic carbocycles. The molecule has 3 N–H and O–H groups in total. The van der Waals surface area contributed by atoms with Crippen molar-refractivity contribution >= 4 is 15.9 Å². The largest absolute Gasteiger partial charge is 0.492 e. The van der Waals surface area contributed by atoms with E-state index >= 15 is 0 Å². The minimum absolute atomic E-state index is 0.0663. The standard InChI is InChI=1S/C12H18N2O4S/c1-3-14-12(15)6-7-18-10-5-4-9(2)8-11(10)19(13,16)17/h4-5,8H,3,6-7H2,1-2H3,(H,14,15)(H2,13,16,17). The van der Waals surface area contributed by atoms with Crippen LogP contribution in [-0.2, 0) is 14.8 Å². The summed E-state index contributed by atoms with van der Waals surface area (Å²) in [6.07, 6.45) is 0.159. The zero-order chi connectivity index (χ0) is 14.5. The average molecular weight is 286 g/mol. The summed E-state index contributed by atoms with van der Waals surface area (Å²) in [5.41, 5.74) is 0.764. The number of sulfonamides is 1. The number of nitrogens with two attached hydrogens (primary N) is 1. The van der Waals surface area contributed by atoms with Crippen LogP contribution in [0.5, 0.6) is 5.75 Å². The van der Waals surface area contributed by atoms with Gasteiger partial charge in [0.1, 0.15) is 10.6 Å². The molecule has 0 heterocycles. The van der Waals surface area contributed by atoms with Crippen LogP contribution in [0.25, 0.3) is 0 Å². The number of hydrogen-bond donors (Lipinski definition) is 2. The van der Waals surface area contributed by atoms with E-state index in [1.165, 1.54) is 12.1 Å². The van der Waals surface area contributed by atoms with Gasteiger partial charge < -0.3 is 10.1 Å². The van der Waals surface area contributed by atoms with Crippen LogP contribution >= 0.6 is 0 Å². The van der Waals surface area contributed by atoms with E-state index in [1.807, 2.05) is 6.92 Å². The minimum atomic E-state index is -3.84. The number of carbonyl (C=O) groups excluding carboxylic acids is 1. The maximum atomic E-state index is 11.4. The lowest BCUT2D eigenvalue weighted by Crippen LogP contribution is -2.24. The van der Waals surface area contributed by atoms with Crippen LogP contribution in [0.3, 0.4) is 0 Å². The van der Waals surface area contributed by atoms with Gasteiger partial charge in [0.05, 0.1) is 13.0 Å². The molecule has 0 saturated carbocycles. The first-order valence-electron chi connectivity index (χ1n) is 5.87. The number of ether oxygens (including phenoxy) is 1. The Morgan fingerprint density at radius 3 is 2.68 bits per heavy atom. The molecule has 1 rings (SSSR count). The van der Waals surface area contributed by atoms with E-state index < -0.39 is 10.0 Å². The molecular formula is C12H18N2O4S. The number of hydrogen-bond acceptors (Lipinski definition) is 4. The Balaban J connectivity index is 2.76. The minimum Gasteiger partial charge on any atom is -0.492 e. The van der Waals surface area contributed by atoms with Crippen molar-refractivity contribution in [3.8, 4) is 5.75 Å². The van der Waals surface area contributed by atoms with E-state index in [-0.39, 0.29) is 29.6 Å². The fourth-order valence-corrected chi connectivity index (χ4v) is 2.25. The quantitative estimate of drug-likeness (QED) is 0.797.